The van der Waals surface area contributed by atoms with E-state index in [1.54, 1.807) is 6.07 Å². The maximum Gasteiger partial charge on any atom is 0.243 e. The first-order valence-electron chi connectivity index (χ1n) is 8.89. The summed E-state index contributed by atoms with van der Waals surface area (Å²) in [5, 5.41) is 2.81. The summed E-state index contributed by atoms with van der Waals surface area (Å²) in [6.07, 6.45) is 4.52. The van der Waals surface area contributed by atoms with Gasteiger partial charge in [0, 0.05) is 19.0 Å². The number of nitrogens with one attached hydrogen (secondary N) is 1. The van der Waals surface area contributed by atoms with Crippen molar-refractivity contribution < 1.29 is 17.9 Å². The van der Waals surface area contributed by atoms with Crippen LogP contribution < -0.4 is 10.1 Å². The molecule has 0 radical (unpaired) electrons. The average molecular weight is 368 g/mol. The number of anilines is 1. The molecule has 1 saturated heterocycles. The standard InChI is InChI=1S/C18H28N2O4S/c1-4-8-14(2)18(21)19-16-13-15(9-10-17(16)24-3)25(22,23)20-11-6-5-7-12-20/h9-10,13-14H,4-8,11-12H2,1-3H3,(H,19,21)/t14-/m1/s1. The largest absolute Gasteiger partial charge is 0.495 e. The molecule has 6 nitrogen and oxygen atoms in total. The number of rotatable bonds is 7. The monoisotopic (exact) mass is 368 g/mol. The van der Waals surface area contributed by atoms with E-state index in [9.17, 15) is 13.2 Å². The van der Waals surface area contributed by atoms with Crippen molar-refractivity contribution in [2.24, 2.45) is 5.92 Å². The van der Waals surface area contributed by atoms with Crippen LogP contribution in [0.2, 0.25) is 0 Å². The second kappa shape index (κ2) is 8.67. The van der Waals surface area contributed by atoms with E-state index >= 15 is 0 Å². The summed E-state index contributed by atoms with van der Waals surface area (Å²) in [7, 11) is -2.05. The Morgan fingerprint density at radius 2 is 1.96 bits per heavy atom. The average Bonchev–Trinajstić information content (AvgIpc) is 2.62. The van der Waals surface area contributed by atoms with Gasteiger partial charge in [-0.05, 0) is 37.5 Å². The summed E-state index contributed by atoms with van der Waals surface area (Å²) in [4.78, 5) is 12.5. The Bertz CT molecular complexity index is 697. The van der Waals surface area contributed by atoms with Crippen LogP contribution in [-0.4, -0.2) is 38.8 Å². The summed E-state index contributed by atoms with van der Waals surface area (Å²) in [6, 6.07) is 4.63. The number of nitrogens with zero attached hydrogens (tertiary/aromatic N) is 1. The molecule has 1 atom stereocenters. The molecule has 1 aliphatic rings. The fourth-order valence-corrected chi connectivity index (χ4v) is 4.56. The van der Waals surface area contributed by atoms with Crippen LogP contribution in [0.3, 0.4) is 0 Å². The van der Waals surface area contributed by atoms with Gasteiger partial charge in [-0.1, -0.05) is 26.7 Å². The van der Waals surface area contributed by atoms with Crippen molar-refractivity contribution in [3.8, 4) is 5.75 Å². The predicted molar refractivity (Wildman–Crippen MR) is 98.3 cm³/mol. The Morgan fingerprint density at radius 1 is 1.28 bits per heavy atom. The molecule has 0 aliphatic carbocycles. The maximum absolute atomic E-state index is 12.8. The van der Waals surface area contributed by atoms with Crippen LogP contribution in [0.1, 0.15) is 46.0 Å². The number of hydrogen-bond acceptors (Lipinski definition) is 4. The zero-order valence-corrected chi connectivity index (χ0v) is 16.1. The lowest BCUT2D eigenvalue weighted by atomic mass is 10.1. The Kier molecular flexibility index (Phi) is 6.84. The second-order valence-corrected chi connectivity index (χ2v) is 8.44. The number of hydrogen-bond donors (Lipinski definition) is 1. The molecule has 1 aromatic rings. The van der Waals surface area contributed by atoms with E-state index in [2.05, 4.69) is 5.32 Å². The highest BCUT2D eigenvalue weighted by Gasteiger charge is 2.27. The molecular formula is C18H28N2O4S. The highest BCUT2D eigenvalue weighted by Crippen LogP contribution is 2.30. The van der Waals surface area contributed by atoms with Crippen molar-refractivity contribution in [1.82, 2.24) is 4.31 Å². The number of methoxy groups -OCH3 is 1. The number of benzene rings is 1. The van der Waals surface area contributed by atoms with E-state index in [0.29, 0.717) is 24.5 Å². The molecule has 1 N–H and O–H groups in total. The van der Waals surface area contributed by atoms with Crippen molar-refractivity contribution in [1.29, 1.82) is 0 Å². The van der Waals surface area contributed by atoms with Gasteiger partial charge in [0.2, 0.25) is 15.9 Å². The molecule has 1 aromatic carbocycles. The Labute approximate surface area is 150 Å². The van der Waals surface area contributed by atoms with Crippen molar-refractivity contribution in [2.75, 3.05) is 25.5 Å². The molecule has 0 bridgehead atoms. The van der Waals surface area contributed by atoms with Gasteiger partial charge in [0.1, 0.15) is 5.75 Å². The minimum atomic E-state index is -3.55. The third-order valence-electron chi connectivity index (χ3n) is 4.55. The molecule has 1 heterocycles. The first-order valence-corrected chi connectivity index (χ1v) is 10.3. The van der Waals surface area contributed by atoms with Gasteiger partial charge < -0.3 is 10.1 Å². The van der Waals surface area contributed by atoms with Gasteiger partial charge in [0.15, 0.2) is 0 Å². The first kappa shape index (κ1) is 19.7. The van der Waals surface area contributed by atoms with Crippen molar-refractivity contribution in [2.45, 2.75) is 50.8 Å². The normalized spacial score (nSPS) is 17.1. The Balaban J connectivity index is 2.28. The number of carbonyl (C=O) groups excluding carboxylic acids is 1. The zero-order chi connectivity index (χ0) is 18.4. The minimum Gasteiger partial charge on any atom is -0.495 e. The lowest BCUT2D eigenvalue weighted by Crippen LogP contribution is -2.35. The molecule has 0 spiro atoms. The summed E-state index contributed by atoms with van der Waals surface area (Å²) in [6.45, 7) is 4.98. The lowest BCUT2D eigenvalue weighted by molar-refractivity contribution is -0.119. The van der Waals surface area contributed by atoms with E-state index in [1.165, 1.54) is 23.5 Å². The maximum atomic E-state index is 12.8. The van der Waals surface area contributed by atoms with E-state index in [-0.39, 0.29) is 16.7 Å². The molecule has 2 rings (SSSR count). The number of piperidine rings is 1. The molecule has 25 heavy (non-hydrogen) atoms. The van der Waals surface area contributed by atoms with E-state index in [4.69, 9.17) is 4.74 Å². The topological polar surface area (TPSA) is 75.7 Å². The van der Waals surface area contributed by atoms with Gasteiger partial charge in [0.05, 0.1) is 17.7 Å². The van der Waals surface area contributed by atoms with Gasteiger partial charge in [-0.2, -0.15) is 4.31 Å². The highest BCUT2D eigenvalue weighted by molar-refractivity contribution is 7.89. The number of carbonyl (C=O) groups is 1. The smallest absolute Gasteiger partial charge is 0.243 e. The van der Waals surface area contributed by atoms with Gasteiger partial charge >= 0.3 is 0 Å². The van der Waals surface area contributed by atoms with Crippen LogP contribution in [0, 0.1) is 5.92 Å². The van der Waals surface area contributed by atoms with Crippen LogP contribution in [0.5, 0.6) is 5.75 Å². The van der Waals surface area contributed by atoms with Crippen LogP contribution in [0.25, 0.3) is 0 Å². The van der Waals surface area contributed by atoms with Crippen molar-refractivity contribution in [3.63, 3.8) is 0 Å². The van der Waals surface area contributed by atoms with Crippen LogP contribution in [0.4, 0.5) is 5.69 Å². The van der Waals surface area contributed by atoms with Gasteiger partial charge in [-0.15, -0.1) is 0 Å². The quantitative estimate of drug-likeness (QED) is 0.802. The fourth-order valence-electron chi connectivity index (χ4n) is 3.02. The van der Waals surface area contributed by atoms with Crippen LogP contribution >= 0.6 is 0 Å². The summed E-state index contributed by atoms with van der Waals surface area (Å²) in [5.41, 5.74) is 0.397. The number of amides is 1. The van der Waals surface area contributed by atoms with E-state index < -0.39 is 10.0 Å². The third-order valence-corrected chi connectivity index (χ3v) is 6.45. The minimum absolute atomic E-state index is 0.132. The molecule has 0 unspecified atom stereocenters. The van der Waals surface area contributed by atoms with Crippen LogP contribution in [-0.2, 0) is 14.8 Å². The molecule has 1 aliphatic heterocycles. The fraction of sp³-hybridized carbons (Fsp3) is 0.611. The summed E-state index contributed by atoms with van der Waals surface area (Å²) in [5.74, 6) is 0.180. The molecule has 0 aromatic heterocycles. The Morgan fingerprint density at radius 3 is 2.56 bits per heavy atom. The zero-order valence-electron chi connectivity index (χ0n) is 15.2. The molecule has 140 valence electrons. The van der Waals surface area contributed by atoms with E-state index in [0.717, 1.165) is 32.1 Å². The van der Waals surface area contributed by atoms with E-state index in [1.807, 2.05) is 13.8 Å². The number of sulfonamides is 1. The first-order chi connectivity index (χ1) is 11.9. The third kappa shape index (κ3) is 4.73. The molecule has 1 amide bonds. The Hall–Kier alpha value is -1.60. The highest BCUT2D eigenvalue weighted by atomic mass is 32.2. The molecule has 0 saturated carbocycles. The molecule has 7 heteroatoms. The van der Waals surface area contributed by atoms with Crippen molar-refractivity contribution >= 4 is 21.6 Å². The lowest BCUT2D eigenvalue weighted by Gasteiger charge is -2.26. The van der Waals surface area contributed by atoms with Gasteiger partial charge in [0.25, 0.3) is 0 Å². The van der Waals surface area contributed by atoms with Gasteiger partial charge in [-0.25, -0.2) is 8.42 Å². The van der Waals surface area contributed by atoms with Crippen molar-refractivity contribution in [3.05, 3.63) is 18.2 Å². The van der Waals surface area contributed by atoms with Gasteiger partial charge in [-0.3, -0.25) is 4.79 Å². The molecule has 1 fully saturated rings. The SMILES string of the molecule is CCC[C@@H](C)C(=O)Nc1cc(S(=O)(=O)N2CCCCC2)ccc1OC. The second-order valence-electron chi connectivity index (χ2n) is 6.51. The summed E-state index contributed by atoms with van der Waals surface area (Å²) < 4.78 is 32.5. The van der Waals surface area contributed by atoms with Crippen LogP contribution in [0.15, 0.2) is 23.1 Å². The number of ether oxygens (including phenoxy) is 1. The predicted octanol–water partition coefficient (Wildman–Crippen LogP) is 3.24. The summed E-state index contributed by atoms with van der Waals surface area (Å²) >= 11 is 0. The molecular weight excluding hydrogens is 340 g/mol.